The van der Waals surface area contributed by atoms with Gasteiger partial charge in [0.25, 0.3) is 10.0 Å². The van der Waals surface area contributed by atoms with Crippen LogP contribution >= 0.6 is 11.3 Å². The van der Waals surface area contributed by atoms with Crippen LogP contribution in [0.15, 0.2) is 41.3 Å². The quantitative estimate of drug-likeness (QED) is 0.866. The van der Waals surface area contributed by atoms with E-state index in [4.69, 9.17) is 0 Å². The molecule has 5 heteroatoms. The number of thiophene rings is 1. The van der Waals surface area contributed by atoms with Gasteiger partial charge >= 0.3 is 0 Å². The summed E-state index contributed by atoms with van der Waals surface area (Å²) in [5, 5.41) is 0. The smallest absolute Gasteiger partial charge is 0.265 e. The standard InChI is InChI=1S/C13H15NO2S2/c1-10-9-13(11(2)17-10)18(15,16)14(3)12-7-5-4-6-8-12/h4-9H,1-3H3. The van der Waals surface area contributed by atoms with Crippen molar-refractivity contribution in [2.75, 3.05) is 11.4 Å². The van der Waals surface area contributed by atoms with E-state index in [-0.39, 0.29) is 0 Å². The molecule has 0 aliphatic carbocycles. The van der Waals surface area contributed by atoms with Crippen LogP contribution < -0.4 is 4.31 Å². The summed E-state index contributed by atoms with van der Waals surface area (Å²) in [7, 11) is -1.88. The molecule has 0 bridgehead atoms. The van der Waals surface area contributed by atoms with E-state index in [2.05, 4.69) is 0 Å². The Morgan fingerprint density at radius 2 is 1.72 bits per heavy atom. The zero-order chi connectivity index (χ0) is 13.3. The molecule has 0 amide bonds. The van der Waals surface area contributed by atoms with E-state index in [1.165, 1.54) is 15.6 Å². The van der Waals surface area contributed by atoms with Gasteiger partial charge in [-0.3, -0.25) is 4.31 Å². The number of hydrogen-bond donors (Lipinski definition) is 0. The molecule has 0 saturated carbocycles. The second-order valence-corrected chi connectivity index (χ2v) is 7.48. The minimum absolute atomic E-state index is 0.399. The van der Waals surface area contributed by atoms with Crippen molar-refractivity contribution in [1.29, 1.82) is 0 Å². The highest BCUT2D eigenvalue weighted by Crippen LogP contribution is 2.29. The van der Waals surface area contributed by atoms with E-state index in [0.717, 1.165) is 9.75 Å². The van der Waals surface area contributed by atoms with E-state index in [0.29, 0.717) is 10.6 Å². The van der Waals surface area contributed by atoms with Gasteiger partial charge in [-0.05, 0) is 32.0 Å². The van der Waals surface area contributed by atoms with E-state index in [9.17, 15) is 8.42 Å². The summed E-state index contributed by atoms with van der Waals surface area (Å²) < 4.78 is 26.3. The van der Waals surface area contributed by atoms with Gasteiger partial charge in [0.2, 0.25) is 0 Å². The molecule has 0 aliphatic rings. The summed E-state index contributed by atoms with van der Waals surface area (Å²) >= 11 is 1.50. The maximum atomic E-state index is 12.5. The Labute approximate surface area is 112 Å². The number of benzene rings is 1. The number of aryl methyl sites for hydroxylation is 2. The molecule has 1 aromatic heterocycles. The van der Waals surface area contributed by atoms with Crippen LogP contribution in [0, 0.1) is 13.8 Å². The van der Waals surface area contributed by atoms with Crippen LogP contribution in [0.1, 0.15) is 9.75 Å². The second kappa shape index (κ2) is 4.74. The van der Waals surface area contributed by atoms with Crippen molar-refractivity contribution in [3.05, 3.63) is 46.2 Å². The van der Waals surface area contributed by atoms with Crippen molar-refractivity contribution in [2.24, 2.45) is 0 Å². The third-order valence-electron chi connectivity index (χ3n) is 2.75. The summed E-state index contributed by atoms with van der Waals surface area (Å²) in [6, 6.07) is 10.8. The second-order valence-electron chi connectivity index (χ2n) is 4.09. The fraction of sp³-hybridized carbons (Fsp3) is 0.231. The number of hydrogen-bond acceptors (Lipinski definition) is 3. The minimum Gasteiger partial charge on any atom is -0.269 e. The van der Waals surface area contributed by atoms with Crippen LogP contribution in [-0.2, 0) is 10.0 Å². The van der Waals surface area contributed by atoms with Crippen molar-refractivity contribution >= 4 is 27.0 Å². The van der Waals surface area contributed by atoms with Crippen LogP contribution in [0.25, 0.3) is 0 Å². The van der Waals surface area contributed by atoms with Crippen LogP contribution in [0.3, 0.4) is 0 Å². The molecule has 0 aliphatic heterocycles. The average Bonchev–Trinajstić information content (AvgIpc) is 2.69. The van der Waals surface area contributed by atoms with Gasteiger partial charge < -0.3 is 0 Å². The van der Waals surface area contributed by atoms with Crippen molar-refractivity contribution in [1.82, 2.24) is 0 Å². The Hall–Kier alpha value is -1.33. The molecular formula is C13H15NO2S2. The molecule has 0 radical (unpaired) electrons. The topological polar surface area (TPSA) is 37.4 Å². The summed E-state index contributed by atoms with van der Waals surface area (Å²) in [5.74, 6) is 0. The summed E-state index contributed by atoms with van der Waals surface area (Å²) in [5.41, 5.74) is 0.667. The molecule has 3 nitrogen and oxygen atoms in total. The van der Waals surface area contributed by atoms with Crippen LogP contribution in [0.5, 0.6) is 0 Å². The molecule has 0 N–H and O–H groups in total. The van der Waals surface area contributed by atoms with Gasteiger partial charge in [0.1, 0.15) is 4.90 Å². The Bertz CT molecular complexity index is 645. The van der Waals surface area contributed by atoms with Gasteiger partial charge in [-0.25, -0.2) is 8.42 Å². The average molecular weight is 281 g/mol. The number of nitrogens with zero attached hydrogens (tertiary/aromatic N) is 1. The molecular weight excluding hydrogens is 266 g/mol. The summed E-state index contributed by atoms with van der Waals surface area (Å²) in [4.78, 5) is 2.24. The maximum Gasteiger partial charge on any atom is 0.265 e. The summed E-state index contributed by atoms with van der Waals surface area (Å²) in [6.45, 7) is 3.75. The molecule has 2 aromatic rings. The molecule has 2 rings (SSSR count). The zero-order valence-electron chi connectivity index (χ0n) is 10.5. The lowest BCUT2D eigenvalue weighted by atomic mass is 10.3. The first-order valence-electron chi connectivity index (χ1n) is 5.54. The Balaban J connectivity index is 2.47. The fourth-order valence-electron chi connectivity index (χ4n) is 1.79. The summed E-state index contributed by atoms with van der Waals surface area (Å²) in [6.07, 6.45) is 0. The minimum atomic E-state index is -3.46. The number of para-hydroxylation sites is 1. The molecule has 96 valence electrons. The zero-order valence-corrected chi connectivity index (χ0v) is 12.2. The number of anilines is 1. The first-order valence-corrected chi connectivity index (χ1v) is 7.79. The van der Waals surface area contributed by atoms with Gasteiger partial charge in [0, 0.05) is 16.8 Å². The highest BCUT2D eigenvalue weighted by Gasteiger charge is 2.24. The van der Waals surface area contributed by atoms with E-state index in [1.807, 2.05) is 32.0 Å². The highest BCUT2D eigenvalue weighted by molar-refractivity contribution is 7.93. The molecule has 0 spiro atoms. The molecule has 0 unspecified atom stereocenters. The number of sulfonamides is 1. The van der Waals surface area contributed by atoms with Gasteiger partial charge in [-0.1, -0.05) is 18.2 Å². The third kappa shape index (κ3) is 2.28. The molecule has 0 fully saturated rings. The van der Waals surface area contributed by atoms with E-state index in [1.54, 1.807) is 25.2 Å². The van der Waals surface area contributed by atoms with Crippen LogP contribution in [0.2, 0.25) is 0 Å². The number of rotatable bonds is 3. The largest absolute Gasteiger partial charge is 0.269 e. The first kappa shape index (κ1) is 13.1. The van der Waals surface area contributed by atoms with Crippen molar-refractivity contribution in [3.8, 4) is 0 Å². The van der Waals surface area contributed by atoms with Crippen molar-refractivity contribution < 1.29 is 8.42 Å². The van der Waals surface area contributed by atoms with E-state index < -0.39 is 10.0 Å². The maximum absolute atomic E-state index is 12.5. The predicted molar refractivity (Wildman–Crippen MR) is 75.8 cm³/mol. The molecule has 1 heterocycles. The van der Waals surface area contributed by atoms with Gasteiger partial charge in [-0.15, -0.1) is 11.3 Å². The first-order chi connectivity index (χ1) is 8.43. The van der Waals surface area contributed by atoms with E-state index >= 15 is 0 Å². The Kier molecular flexibility index (Phi) is 3.45. The molecule has 0 saturated heterocycles. The SMILES string of the molecule is Cc1cc(S(=O)(=O)N(C)c2ccccc2)c(C)s1. The van der Waals surface area contributed by atoms with Gasteiger partial charge in [0.15, 0.2) is 0 Å². The normalized spacial score (nSPS) is 11.5. The van der Waals surface area contributed by atoms with Gasteiger partial charge in [-0.2, -0.15) is 0 Å². The lowest BCUT2D eigenvalue weighted by molar-refractivity contribution is 0.594. The monoisotopic (exact) mass is 281 g/mol. The van der Waals surface area contributed by atoms with Crippen molar-refractivity contribution in [3.63, 3.8) is 0 Å². The molecule has 0 atom stereocenters. The Morgan fingerprint density at radius 1 is 1.11 bits per heavy atom. The third-order valence-corrected chi connectivity index (χ3v) is 5.76. The molecule has 1 aromatic carbocycles. The lowest BCUT2D eigenvalue weighted by Crippen LogP contribution is -2.26. The van der Waals surface area contributed by atoms with Crippen molar-refractivity contribution in [2.45, 2.75) is 18.7 Å². The van der Waals surface area contributed by atoms with Crippen LogP contribution in [-0.4, -0.2) is 15.5 Å². The van der Waals surface area contributed by atoms with Crippen LogP contribution in [0.4, 0.5) is 5.69 Å². The fourth-order valence-corrected chi connectivity index (χ4v) is 4.51. The molecule has 18 heavy (non-hydrogen) atoms. The lowest BCUT2D eigenvalue weighted by Gasteiger charge is -2.19. The highest BCUT2D eigenvalue weighted by atomic mass is 32.2. The predicted octanol–water partition coefficient (Wildman–Crippen LogP) is 3.19. The Morgan fingerprint density at radius 3 is 2.22 bits per heavy atom. The van der Waals surface area contributed by atoms with Gasteiger partial charge in [0.05, 0.1) is 5.69 Å².